The summed E-state index contributed by atoms with van der Waals surface area (Å²) < 4.78 is 31.1. The molecular formula is C26H24N2O4S. The monoisotopic (exact) mass is 460 g/mol. The van der Waals surface area contributed by atoms with Crippen LogP contribution < -0.4 is 5.32 Å². The van der Waals surface area contributed by atoms with Gasteiger partial charge in [-0.3, -0.25) is 4.79 Å². The van der Waals surface area contributed by atoms with E-state index in [0.29, 0.717) is 35.0 Å². The maximum atomic E-state index is 12.7. The lowest BCUT2D eigenvalue weighted by Gasteiger charge is -2.06. The Kier molecular flexibility index (Phi) is 6.42. The Hall–Kier alpha value is -3.71. The lowest BCUT2D eigenvalue weighted by Crippen LogP contribution is -2.22. The first kappa shape index (κ1) is 22.5. The Morgan fingerprint density at radius 1 is 0.939 bits per heavy atom. The minimum Gasteiger partial charge on any atom is -0.441 e. The molecule has 0 aliphatic heterocycles. The molecule has 0 aliphatic rings. The standard InChI is InChI=1S/C26H24N2O4S/c1-18-7-6-8-20(15-18)16-27-25(29)21-11-13-22(14-12-21)26-28-24(19(2)32-26)17-33(30,31)23-9-4-3-5-10-23/h3-15H,16-17H2,1-2H3,(H,27,29). The minimum absolute atomic E-state index is 0.179. The van der Waals surface area contributed by atoms with Crippen LogP contribution in [0.5, 0.6) is 0 Å². The molecule has 1 heterocycles. The summed E-state index contributed by atoms with van der Waals surface area (Å²) >= 11 is 0. The molecule has 4 rings (SSSR count). The van der Waals surface area contributed by atoms with E-state index in [4.69, 9.17) is 4.42 Å². The number of rotatable bonds is 7. The Morgan fingerprint density at radius 2 is 1.67 bits per heavy atom. The predicted molar refractivity (Wildman–Crippen MR) is 126 cm³/mol. The summed E-state index contributed by atoms with van der Waals surface area (Å²) in [4.78, 5) is 17.1. The maximum Gasteiger partial charge on any atom is 0.251 e. The topological polar surface area (TPSA) is 89.3 Å². The van der Waals surface area contributed by atoms with Crippen molar-refractivity contribution in [3.63, 3.8) is 0 Å². The Bertz CT molecular complexity index is 1380. The summed E-state index contributed by atoms with van der Waals surface area (Å²) in [6.07, 6.45) is 0. The van der Waals surface area contributed by atoms with E-state index in [1.807, 2.05) is 31.2 Å². The molecule has 0 fully saturated rings. The zero-order valence-electron chi connectivity index (χ0n) is 18.4. The van der Waals surface area contributed by atoms with E-state index in [1.165, 1.54) is 0 Å². The van der Waals surface area contributed by atoms with Crippen molar-refractivity contribution in [1.82, 2.24) is 10.3 Å². The second kappa shape index (κ2) is 9.42. The van der Waals surface area contributed by atoms with E-state index in [0.717, 1.165) is 11.1 Å². The van der Waals surface area contributed by atoms with Crippen LogP contribution in [0.15, 0.2) is 88.2 Å². The molecule has 7 heteroatoms. The van der Waals surface area contributed by atoms with E-state index < -0.39 is 9.84 Å². The van der Waals surface area contributed by atoms with Crippen molar-refractivity contribution in [2.24, 2.45) is 0 Å². The number of hydrogen-bond donors (Lipinski definition) is 1. The first-order chi connectivity index (χ1) is 15.8. The fourth-order valence-electron chi connectivity index (χ4n) is 3.45. The predicted octanol–water partition coefficient (Wildman–Crippen LogP) is 4.86. The third-order valence-electron chi connectivity index (χ3n) is 5.25. The van der Waals surface area contributed by atoms with Crippen LogP contribution in [0.2, 0.25) is 0 Å². The second-order valence-electron chi connectivity index (χ2n) is 7.84. The van der Waals surface area contributed by atoms with Crippen LogP contribution in [0.25, 0.3) is 11.5 Å². The molecule has 0 unspecified atom stereocenters. The van der Waals surface area contributed by atoms with E-state index in [2.05, 4.69) is 10.3 Å². The van der Waals surface area contributed by atoms with Crippen molar-refractivity contribution < 1.29 is 17.6 Å². The molecule has 1 amide bonds. The molecule has 0 spiro atoms. The lowest BCUT2D eigenvalue weighted by atomic mass is 10.1. The van der Waals surface area contributed by atoms with Gasteiger partial charge in [0.15, 0.2) is 9.84 Å². The zero-order valence-corrected chi connectivity index (χ0v) is 19.2. The SMILES string of the molecule is Cc1cccc(CNC(=O)c2ccc(-c3nc(CS(=O)(=O)c4ccccc4)c(C)o3)cc2)c1. The van der Waals surface area contributed by atoms with Gasteiger partial charge in [0.25, 0.3) is 5.91 Å². The molecule has 168 valence electrons. The normalized spacial score (nSPS) is 11.3. The second-order valence-corrected chi connectivity index (χ2v) is 9.83. The van der Waals surface area contributed by atoms with Gasteiger partial charge in [-0.1, -0.05) is 48.0 Å². The van der Waals surface area contributed by atoms with Gasteiger partial charge in [0.1, 0.15) is 11.5 Å². The van der Waals surface area contributed by atoms with Crippen molar-refractivity contribution in [3.8, 4) is 11.5 Å². The molecule has 1 aromatic heterocycles. The molecular weight excluding hydrogens is 436 g/mol. The summed E-state index contributed by atoms with van der Waals surface area (Å²) in [6, 6.07) is 23.1. The molecule has 0 atom stereocenters. The number of nitrogens with zero attached hydrogens (tertiary/aromatic N) is 1. The van der Waals surface area contributed by atoms with Gasteiger partial charge in [-0.15, -0.1) is 0 Å². The largest absolute Gasteiger partial charge is 0.441 e. The molecule has 6 nitrogen and oxygen atoms in total. The number of nitrogens with one attached hydrogen (secondary N) is 1. The highest BCUT2D eigenvalue weighted by molar-refractivity contribution is 7.90. The number of aryl methyl sites for hydroxylation is 2. The number of aromatic nitrogens is 1. The summed E-state index contributed by atoms with van der Waals surface area (Å²) in [5.41, 5.74) is 3.73. The van der Waals surface area contributed by atoms with E-state index >= 15 is 0 Å². The average molecular weight is 461 g/mol. The van der Waals surface area contributed by atoms with Crippen molar-refractivity contribution >= 4 is 15.7 Å². The summed E-state index contributed by atoms with van der Waals surface area (Å²) in [6.45, 7) is 4.15. The van der Waals surface area contributed by atoms with Crippen LogP contribution in [0, 0.1) is 13.8 Å². The van der Waals surface area contributed by atoms with Gasteiger partial charge in [-0.05, 0) is 55.8 Å². The Balaban J connectivity index is 1.45. The smallest absolute Gasteiger partial charge is 0.251 e. The average Bonchev–Trinajstić information content (AvgIpc) is 3.17. The van der Waals surface area contributed by atoms with Crippen molar-refractivity contribution in [1.29, 1.82) is 0 Å². The van der Waals surface area contributed by atoms with Crippen molar-refractivity contribution in [2.75, 3.05) is 0 Å². The first-order valence-corrected chi connectivity index (χ1v) is 12.2. The third-order valence-corrected chi connectivity index (χ3v) is 6.90. The number of sulfone groups is 1. The van der Waals surface area contributed by atoms with Crippen LogP contribution in [-0.4, -0.2) is 19.3 Å². The van der Waals surface area contributed by atoms with Crippen molar-refractivity contribution in [3.05, 3.63) is 107 Å². The molecule has 1 N–H and O–H groups in total. The molecule has 4 aromatic rings. The highest BCUT2D eigenvalue weighted by atomic mass is 32.2. The Labute approximate surface area is 193 Å². The maximum absolute atomic E-state index is 12.7. The van der Waals surface area contributed by atoms with Gasteiger partial charge < -0.3 is 9.73 Å². The highest BCUT2D eigenvalue weighted by Crippen LogP contribution is 2.25. The summed E-state index contributed by atoms with van der Waals surface area (Å²) in [7, 11) is -3.53. The van der Waals surface area contributed by atoms with Gasteiger partial charge >= 0.3 is 0 Å². The molecule has 0 aliphatic carbocycles. The number of amides is 1. The van der Waals surface area contributed by atoms with Crippen LogP contribution >= 0.6 is 0 Å². The highest BCUT2D eigenvalue weighted by Gasteiger charge is 2.21. The van der Waals surface area contributed by atoms with Crippen LogP contribution in [-0.2, 0) is 22.1 Å². The van der Waals surface area contributed by atoms with Gasteiger partial charge in [0, 0.05) is 17.7 Å². The van der Waals surface area contributed by atoms with Gasteiger partial charge in [-0.25, -0.2) is 13.4 Å². The molecule has 33 heavy (non-hydrogen) atoms. The fourth-order valence-corrected chi connectivity index (χ4v) is 4.81. The van der Waals surface area contributed by atoms with Crippen LogP contribution in [0.4, 0.5) is 0 Å². The number of hydrogen-bond acceptors (Lipinski definition) is 5. The minimum atomic E-state index is -3.53. The molecule has 0 radical (unpaired) electrons. The molecule has 0 saturated carbocycles. The first-order valence-electron chi connectivity index (χ1n) is 10.5. The molecule has 3 aromatic carbocycles. The van der Waals surface area contributed by atoms with E-state index in [1.54, 1.807) is 61.5 Å². The van der Waals surface area contributed by atoms with Gasteiger partial charge in [0.2, 0.25) is 5.89 Å². The van der Waals surface area contributed by atoms with Gasteiger partial charge in [0.05, 0.1) is 10.6 Å². The van der Waals surface area contributed by atoms with Crippen LogP contribution in [0.1, 0.15) is 32.9 Å². The quantitative estimate of drug-likeness (QED) is 0.425. The van der Waals surface area contributed by atoms with Crippen LogP contribution in [0.3, 0.4) is 0 Å². The third kappa shape index (κ3) is 5.38. The summed E-state index contributed by atoms with van der Waals surface area (Å²) in [5.74, 6) is 0.342. The lowest BCUT2D eigenvalue weighted by molar-refractivity contribution is 0.0951. The van der Waals surface area contributed by atoms with Crippen molar-refractivity contribution in [2.45, 2.75) is 31.0 Å². The number of carbonyl (C=O) groups excluding carboxylic acids is 1. The molecule has 0 bridgehead atoms. The summed E-state index contributed by atoms with van der Waals surface area (Å²) in [5, 5.41) is 2.91. The van der Waals surface area contributed by atoms with E-state index in [-0.39, 0.29) is 16.6 Å². The number of benzene rings is 3. The number of oxazole rings is 1. The number of carbonyl (C=O) groups is 1. The Morgan fingerprint density at radius 3 is 2.36 bits per heavy atom. The van der Waals surface area contributed by atoms with Gasteiger partial charge in [-0.2, -0.15) is 0 Å². The zero-order chi connectivity index (χ0) is 23.4. The molecule has 0 saturated heterocycles. The fraction of sp³-hybridized carbons (Fsp3) is 0.154. The van der Waals surface area contributed by atoms with E-state index in [9.17, 15) is 13.2 Å².